The molecule has 1 aliphatic heterocycles. The number of carboxylic acids is 1. The maximum Gasteiger partial charge on any atom is 0.355 e. The minimum Gasteiger partial charge on any atom is -0.476 e. The van der Waals surface area contributed by atoms with Gasteiger partial charge in [-0.1, -0.05) is 23.9 Å². The molecule has 2 heterocycles. The number of likely N-dealkylation sites (tertiary alicyclic amines) is 1. The molecule has 0 bridgehead atoms. The van der Waals surface area contributed by atoms with Crippen molar-refractivity contribution < 1.29 is 23.1 Å². The lowest BCUT2D eigenvalue weighted by atomic mass is 10.1. The Kier molecular flexibility index (Phi) is 8.06. The van der Waals surface area contributed by atoms with Crippen molar-refractivity contribution in [1.82, 2.24) is 15.2 Å². The molecule has 0 radical (unpaired) electrons. The Morgan fingerprint density at radius 3 is 2.74 bits per heavy atom. The number of thiazole rings is 1. The quantitative estimate of drug-likeness (QED) is 0.321. The molecule has 0 spiro atoms. The standard InChI is InChI=1S/C19H24N4O5S3/c20-31(27,28)15-4-1-13(2-5-15)7-8-21-11-14-3-6-17(24)23(14)9-10-29-19-22-16(12-30-19)18(25)26/h1-2,4-5,12,14,21H,3,6-11H2,(H,25,26)(H2,20,27,28). The average molecular weight is 485 g/mol. The fourth-order valence-electron chi connectivity index (χ4n) is 3.31. The fraction of sp³-hybridized carbons (Fsp3) is 0.421. The van der Waals surface area contributed by atoms with Gasteiger partial charge < -0.3 is 15.3 Å². The van der Waals surface area contributed by atoms with E-state index in [1.54, 1.807) is 12.1 Å². The maximum atomic E-state index is 12.2. The third kappa shape index (κ3) is 6.74. The summed E-state index contributed by atoms with van der Waals surface area (Å²) in [6.07, 6.45) is 2.07. The van der Waals surface area contributed by atoms with Crippen molar-refractivity contribution in [3.05, 3.63) is 40.9 Å². The lowest BCUT2D eigenvalue weighted by molar-refractivity contribution is -0.128. The summed E-state index contributed by atoms with van der Waals surface area (Å²) < 4.78 is 23.3. The Labute approximate surface area is 189 Å². The zero-order valence-electron chi connectivity index (χ0n) is 16.7. The zero-order valence-corrected chi connectivity index (χ0v) is 19.1. The third-order valence-corrected chi connectivity index (χ3v) is 7.87. The molecule has 168 valence electrons. The summed E-state index contributed by atoms with van der Waals surface area (Å²) in [5, 5.41) is 18.9. The number of thioether (sulfide) groups is 1. The van der Waals surface area contributed by atoms with Crippen molar-refractivity contribution in [3.63, 3.8) is 0 Å². The first-order chi connectivity index (χ1) is 14.7. The molecule has 1 aliphatic rings. The molecular formula is C19H24N4O5S3. The number of hydrogen-bond donors (Lipinski definition) is 3. The molecule has 1 aromatic carbocycles. The summed E-state index contributed by atoms with van der Waals surface area (Å²) in [5.41, 5.74) is 1.05. The van der Waals surface area contributed by atoms with Crippen LogP contribution in [0.4, 0.5) is 0 Å². The van der Waals surface area contributed by atoms with Gasteiger partial charge in [-0.05, 0) is 37.1 Å². The second-order valence-electron chi connectivity index (χ2n) is 7.07. The predicted octanol–water partition coefficient (Wildman–Crippen LogP) is 1.40. The molecule has 9 nitrogen and oxygen atoms in total. The van der Waals surface area contributed by atoms with E-state index in [9.17, 15) is 18.0 Å². The largest absolute Gasteiger partial charge is 0.476 e. The Hall–Kier alpha value is -1.99. The van der Waals surface area contributed by atoms with Crippen molar-refractivity contribution in [2.45, 2.75) is 34.5 Å². The van der Waals surface area contributed by atoms with Crippen LogP contribution >= 0.6 is 23.1 Å². The molecule has 1 unspecified atom stereocenters. The molecule has 1 fully saturated rings. The first-order valence-electron chi connectivity index (χ1n) is 9.67. The Morgan fingerprint density at radius 1 is 1.35 bits per heavy atom. The van der Waals surface area contributed by atoms with Crippen LogP contribution in [0.3, 0.4) is 0 Å². The Balaban J connectivity index is 1.40. The lowest BCUT2D eigenvalue weighted by Gasteiger charge is -2.25. The first-order valence-corrected chi connectivity index (χ1v) is 13.1. The van der Waals surface area contributed by atoms with Crippen molar-refractivity contribution >= 4 is 45.0 Å². The number of carbonyl (C=O) groups excluding carboxylic acids is 1. The number of aromatic nitrogens is 1. The molecular weight excluding hydrogens is 460 g/mol. The SMILES string of the molecule is NS(=O)(=O)c1ccc(CCNCC2CCC(=O)N2CCSc2nc(C(=O)O)cs2)cc1. The molecule has 1 saturated heterocycles. The van der Waals surface area contributed by atoms with Crippen LogP contribution in [0.1, 0.15) is 28.9 Å². The van der Waals surface area contributed by atoms with Gasteiger partial charge in [0.15, 0.2) is 10.0 Å². The highest BCUT2D eigenvalue weighted by Crippen LogP contribution is 2.24. The van der Waals surface area contributed by atoms with E-state index in [1.807, 2.05) is 4.90 Å². The number of benzene rings is 1. The molecule has 12 heteroatoms. The molecule has 3 rings (SSSR count). The molecule has 4 N–H and O–H groups in total. The molecule has 0 aliphatic carbocycles. The maximum absolute atomic E-state index is 12.2. The van der Waals surface area contributed by atoms with Crippen molar-refractivity contribution in [3.8, 4) is 0 Å². The van der Waals surface area contributed by atoms with E-state index in [4.69, 9.17) is 10.2 Å². The van der Waals surface area contributed by atoms with E-state index in [1.165, 1.54) is 40.6 Å². The summed E-state index contributed by atoms with van der Waals surface area (Å²) in [6, 6.07) is 6.63. The number of rotatable bonds is 11. The molecule has 1 aromatic heterocycles. The lowest BCUT2D eigenvalue weighted by Crippen LogP contribution is -2.41. The number of nitrogens with one attached hydrogen (secondary N) is 1. The minimum atomic E-state index is -3.68. The van der Waals surface area contributed by atoms with Crippen LogP contribution in [0.25, 0.3) is 0 Å². The van der Waals surface area contributed by atoms with E-state index in [-0.39, 0.29) is 22.5 Å². The van der Waals surface area contributed by atoms with Gasteiger partial charge in [-0.25, -0.2) is 23.3 Å². The van der Waals surface area contributed by atoms with Gasteiger partial charge in [0.05, 0.1) is 4.90 Å². The number of carbonyl (C=O) groups is 2. The molecule has 31 heavy (non-hydrogen) atoms. The van der Waals surface area contributed by atoms with Gasteiger partial charge in [0, 0.05) is 36.7 Å². The molecule has 1 atom stereocenters. The molecule has 0 saturated carbocycles. The number of aromatic carboxylic acids is 1. The van der Waals surface area contributed by atoms with Crippen LogP contribution in [-0.4, -0.2) is 66.7 Å². The third-order valence-electron chi connectivity index (χ3n) is 4.93. The summed E-state index contributed by atoms with van der Waals surface area (Å²) in [5.74, 6) is -0.244. The van der Waals surface area contributed by atoms with Gasteiger partial charge in [-0.15, -0.1) is 11.3 Å². The summed E-state index contributed by atoms with van der Waals surface area (Å²) in [4.78, 5) is 29.1. The zero-order chi connectivity index (χ0) is 22.4. The van der Waals surface area contributed by atoms with Crippen molar-refractivity contribution in [2.24, 2.45) is 5.14 Å². The smallest absolute Gasteiger partial charge is 0.355 e. The van der Waals surface area contributed by atoms with Gasteiger partial charge >= 0.3 is 5.97 Å². The van der Waals surface area contributed by atoms with Crippen LogP contribution in [0, 0.1) is 0 Å². The van der Waals surface area contributed by atoms with Crippen LogP contribution < -0.4 is 10.5 Å². The Morgan fingerprint density at radius 2 is 2.10 bits per heavy atom. The normalized spacial score (nSPS) is 16.7. The second-order valence-corrected chi connectivity index (χ2v) is 10.8. The number of hydrogen-bond acceptors (Lipinski definition) is 8. The van der Waals surface area contributed by atoms with Crippen LogP contribution in [0.2, 0.25) is 0 Å². The molecule has 1 amide bonds. The average Bonchev–Trinajstić information content (AvgIpc) is 3.33. The van der Waals surface area contributed by atoms with Gasteiger partial charge in [-0.2, -0.15) is 0 Å². The highest BCUT2D eigenvalue weighted by atomic mass is 32.2. The van der Waals surface area contributed by atoms with Gasteiger partial charge in [0.1, 0.15) is 0 Å². The predicted molar refractivity (Wildman–Crippen MR) is 119 cm³/mol. The van der Waals surface area contributed by atoms with Crippen LogP contribution in [0.15, 0.2) is 38.9 Å². The second kappa shape index (κ2) is 10.6. The number of primary sulfonamides is 1. The Bertz CT molecular complexity index is 1020. The number of amides is 1. The number of nitrogens with zero attached hydrogens (tertiary/aromatic N) is 2. The van der Waals surface area contributed by atoms with E-state index in [0.29, 0.717) is 36.1 Å². The van der Waals surface area contributed by atoms with E-state index < -0.39 is 16.0 Å². The summed E-state index contributed by atoms with van der Waals surface area (Å²) in [6.45, 7) is 1.98. The molecule has 2 aromatic rings. The fourth-order valence-corrected chi connectivity index (χ4v) is 5.64. The highest BCUT2D eigenvalue weighted by Gasteiger charge is 2.30. The van der Waals surface area contributed by atoms with Crippen molar-refractivity contribution in [2.75, 3.05) is 25.4 Å². The van der Waals surface area contributed by atoms with Gasteiger partial charge in [0.2, 0.25) is 15.9 Å². The number of nitrogens with two attached hydrogens (primary N) is 1. The van der Waals surface area contributed by atoms with E-state index in [0.717, 1.165) is 18.4 Å². The van der Waals surface area contributed by atoms with E-state index >= 15 is 0 Å². The van der Waals surface area contributed by atoms with Crippen molar-refractivity contribution in [1.29, 1.82) is 0 Å². The van der Waals surface area contributed by atoms with Gasteiger partial charge in [0.25, 0.3) is 0 Å². The number of sulfonamides is 1. The minimum absolute atomic E-state index is 0.0473. The summed E-state index contributed by atoms with van der Waals surface area (Å²) in [7, 11) is -3.68. The topological polar surface area (TPSA) is 143 Å². The van der Waals surface area contributed by atoms with Gasteiger partial charge in [-0.3, -0.25) is 4.79 Å². The van der Waals surface area contributed by atoms with Crippen LogP contribution in [-0.2, 0) is 21.2 Å². The monoisotopic (exact) mass is 484 g/mol. The summed E-state index contributed by atoms with van der Waals surface area (Å²) >= 11 is 2.75. The first kappa shape index (κ1) is 23.7. The van der Waals surface area contributed by atoms with E-state index in [2.05, 4.69) is 10.3 Å². The van der Waals surface area contributed by atoms with Crippen LogP contribution in [0.5, 0.6) is 0 Å². The highest BCUT2D eigenvalue weighted by molar-refractivity contribution is 8.01. The number of carboxylic acid groups (broad SMARTS) is 1.